The van der Waals surface area contributed by atoms with Crippen LogP contribution in [0.15, 0.2) is 83.3 Å². The Labute approximate surface area is 210 Å². The average molecular weight is 523 g/mol. The van der Waals surface area contributed by atoms with Crippen LogP contribution in [0.4, 0.5) is 0 Å². The first-order valence-electron chi connectivity index (χ1n) is 11.4. The van der Waals surface area contributed by atoms with Crippen LogP contribution in [0.3, 0.4) is 0 Å². The van der Waals surface area contributed by atoms with Gasteiger partial charge in [-0.15, -0.1) is 0 Å². The Morgan fingerprint density at radius 1 is 0.971 bits per heavy atom. The van der Waals surface area contributed by atoms with Crippen molar-refractivity contribution in [2.75, 3.05) is 13.7 Å². The fourth-order valence-corrected chi connectivity index (χ4v) is 4.19. The molecule has 3 rings (SSSR count). The van der Waals surface area contributed by atoms with E-state index in [1.807, 2.05) is 85.8 Å². The lowest BCUT2D eigenvalue weighted by Crippen LogP contribution is -2.49. The van der Waals surface area contributed by atoms with Crippen molar-refractivity contribution in [1.29, 1.82) is 0 Å². The molecule has 6 heteroatoms. The topological polar surface area (TPSA) is 58.6 Å². The van der Waals surface area contributed by atoms with Crippen molar-refractivity contribution in [3.05, 3.63) is 100 Å². The van der Waals surface area contributed by atoms with Gasteiger partial charge in [0.15, 0.2) is 0 Å². The van der Waals surface area contributed by atoms with Crippen LogP contribution in [0, 0.1) is 6.92 Å². The molecule has 0 aliphatic rings. The molecule has 1 atom stereocenters. The van der Waals surface area contributed by atoms with E-state index >= 15 is 0 Å². The normalized spacial score (nSPS) is 11.5. The maximum absolute atomic E-state index is 13.4. The van der Waals surface area contributed by atoms with Crippen molar-refractivity contribution >= 4 is 27.7 Å². The molecular formula is C28H31BrN2O3. The lowest BCUT2D eigenvalue weighted by molar-refractivity contribution is -0.141. The molecule has 0 saturated heterocycles. The van der Waals surface area contributed by atoms with Crippen LogP contribution in [0.5, 0.6) is 5.75 Å². The van der Waals surface area contributed by atoms with E-state index in [0.717, 1.165) is 21.3 Å². The third-order valence-corrected chi connectivity index (χ3v) is 6.08. The van der Waals surface area contributed by atoms with E-state index in [1.54, 1.807) is 11.9 Å². The number of ether oxygens (including phenoxy) is 1. The summed E-state index contributed by atoms with van der Waals surface area (Å²) in [6.07, 6.45) is 1.30. The van der Waals surface area contributed by atoms with Crippen LogP contribution in [-0.4, -0.2) is 36.4 Å². The molecule has 0 radical (unpaired) electrons. The molecule has 3 aromatic carbocycles. The van der Waals surface area contributed by atoms with Gasteiger partial charge in [0.25, 0.3) is 0 Å². The number of hydrogen-bond acceptors (Lipinski definition) is 3. The zero-order chi connectivity index (χ0) is 24.3. The number of likely N-dealkylation sites (N-methyl/N-ethyl adjacent to an activating group) is 1. The molecular weight excluding hydrogens is 492 g/mol. The zero-order valence-electron chi connectivity index (χ0n) is 19.7. The van der Waals surface area contributed by atoms with Gasteiger partial charge in [0, 0.05) is 30.9 Å². The molecule has 0 spiro atoms. The average Bonchev–Trinajstić information content (AvgIpc) is 2.85. The minimum atomic E-state index is -0.614. The van der Waals surface area contributed by atoms with Gasteiger partial charge in [0.2, 0.25) is 11.8 Å². The van der Waals surface area contributed by atoms with E-state index in [0.29, 0.717) is 32.4 Å². The minimum Gasteiger partial charge on any atom is -0.494 e. The van der Waals surface area contributed by atoms with Gasteiger partial charge >= 0.3 is 0 Å². The SMILES string of the molecule is CNC(=O)C(Cc1ccccc1)N(Cc1cccc(Br)c1)C(=O)CCCOc1ccc(C)cc1. The summed E-state index contributed by atoms with van der Waals surface area (Å²) in [4.78, 5) is 28.0. The number of halogens is 1. The molecule has 34 heavy (non-hydrogen) atoms. The van der Waals surface area contributed by atoms with E-state index in [1.165, 1.54) is 5.56 Å². The molecule has 178 valence electrons. The van der Waals surface area contributed by atoms with Crippen molar-refractivity contribution in [3.8, 4) is 5.75 Å². The molecule has 3 aromatic rings. The third-order valence-electron chi connectivity index (χ3n) is 5.58. The lowest BCUT2D eigenvalue weighted by atomic mass is 10.0. The second kappa shape index (κ2) is 12.9. The molecule has 1 unspecified atom stereocenters. The van der Waals surface area contributed by atoms with Crippen LogP contribution in [0.2, 0.25) is 0 Å². The van der Waals surface area contributed by atoms with Gasteiger partial charge in [0.05, 0.1) is 6.61 Å². The number of aryl methyl sites for hydroxylation is 1. The van der Waals surface area contributed by atoms with Crippen LogP contribution >= 0.6 is 15.9 Å². The van der Waals surface area contributed by atoms with Gasteiger partial charge in [-0.2, -0.15) is 0 Å². The summed E-state index contributed by atoms with van der Waals surface area (Å²) in [5.74, 6) is 0.538. The van der Waals surface area contributed by atoms with Crippen molar-refractivity contribution in [1.82, 2.24) is 10.2 Å². The minimum absolute atomic E-state index is 0.0722. The van der Waals surface area contributed by atoms with Crippen molar-refractivity contribution in [2.45, 2.75) is 38.8 Å². The fourth-order valence-electron chi connectivity index (χ4n) is 3.74. The van der Waals surface area contributed by atoms with Crippen molar-refractivity contribution in [2.24, 2.45) is 0 Å². The smallest absolute Gasteiger partial charge is 0.242 e. The predicted octanol–water partition coefficient (Wildman–Crippen LogP) is 5.30. The maximum Gasteiger partial charge on any atom is 0.242 e. The molecule has 0 saturated carbocycles. The van der Waals surface area contributed by atoms with E-state index in [4.69, 9.17) is 4.74 Å². The number of rotatable bonds is 11. The Morgan fingerprint density at radius 2 is 1.68 bits per heavy atom. The number of nitrogens with one attached hydrogen (secondary N) is 1. The third kappa shape index (κ3) is 7.73. The Kier molecular flexibility index (Phi) is 9.71. The molecule has 0 aliphatic heterocycles. The standard InChI is InChI=1S/C28H31BrN2O3/c1-21-13-15-25(16-14-21)34-17-7-12-27(32)31(20-23-10-6-11-24(29)18-23)26(28(33)30-2)19-22-8-4-3-5-9-22/h3-6,8-11,13-16,18,26H,7,12,17,19-20H2,1-2H3,(H,30,33). The van der Waals surface area contributed by atoms with Crippen LogP contribution < -0.4 is 10.1 Å². The molecule has 0 bridgehead atoms. The molecule has 0 aliphatic carbocycles. The summed E-state index contributed by atoms with van der Waals surface area (Å²) in [5, 5.41) is 2.74. The van der Waals surface area contributed by atoms with Gasteiger partial charge in [0.1, 0.15) is 11.8 Å². The van der Waals surface area contributed by atoms with E-state index in [2.05, 4.69) is 21.2 Å². The summed E-state index contributed by atoms with van der Waals surface area (Å²) < 4.78 is 6.73. The highest BCUT2D eigenvalue weighted by molar-refractivity contribution is 9.10. The number of nitrogens with zero attached hydrogens (tertiary/aromatic N) is 1. The lowest BCUT2D eigenvalue weighted by Gasteiger charge is -2.31. The molecule has 0 heterocycles. The molecule has 2 amide bonds. The fraction of sp³-hybridized carbons (Fsp3) is 0.286. The van der Waals surface area contributed by atoms with Gasteiger partial charge in [-0.1, -0.05) is 76.1 Å². The summed E-state index contributed by atoms with van der Waals surface area (Å²) in [5.41, 5.74) is 3.14. The summed E-state index contributed by atoms with van der Waals surface area (Å²) in [6.45, 7) is 2.81. The van der Waals surface area contributed by atoms with Crippen LogP contribution in [0.1, 0.15) is 29.5 Å². The molecule has 5 nitrogen and oxygen atoms in total. The second-order valence-electron chi connectivity index (χ2n) is 8.24. The quantitative estimate of drug-likeness (QED) is 0.347. The Morgan fingerprint density at radius 3 is 2.35 bits per heavy atom. The first-order chi connectivity index (χ1) is 16.5. The second-order valence-corrected chi connectivity index (χ2v) is 9.15. The number of benzene rings is 3. The Bertz CT molecular complexity index is 1070. The van der Waals surface area contributed by atoms with Gasteiger partial charge < -0.3 is 15.0 Å². The van der Waals surface area contributed by atoms with E-state index < -0.39 is 6.04 Å². The first kappa shape index (κ1) is 25.5. The summed E-state index contributed by atoms with van der Waals surface area (Å²) in [7, 11) is 1.61. The molecule has 0 aromatic heterocycles. The highest BCUT2D eigenvalue weighted by Gasteiger charge is 2.29. The Hall–Kier alpha value is -3.12. The zero-order valence-corrected chi connectivity index (χ0v) is 21.3. The van der Waals surface area contributed by atoms with E-state index in [-0.39, 0.29) is 11.8 Å². The number of carbonyl (C=O) groups is 2. The maximum atomic E-state index is 13.4. The van der Waals surface area contributed by atoms with Crippen LogP contribution in [-0.2, 0) is 22.6 Å². The van der Waals surface area contributed by atoms with Crippen LogP contribution in [0.25, 0.3) is 0 Å². The monoisotopic (exact) mass is 522 g/mol. The number of amides is 2. The Balaban J connectivity index is 1.74. The van der Waals surface area contributed by atoms with Gasteiger partial charge in [-0.25, -0.2) is 0 Å². The van der Waals surface area contributed by atoms with E-state index in [9.17, 15) is 9.59 Å². The number of hydrogen-bond donors (Lipinski definition) is 1. The van der Waals surface area contributed by atoms with Gasteiger partial charge in [-0.05, 0) is 48.7 Å². The highest BCUT2D eigenvalue weighted by atomic mass is 79.9. The summed E-state index contributed by atoms with van der Waals surface area (Å²) in [6, 6.07) is 24.8. The largest absolute Gasteiger partial charge is 0.494 e. The van der Waals surface area contributed by atoms with Crippen molar-refractivity contribution in [3.63, 3.8) is 0 Å². The highest BCUT2D eigenvalue weighted by Crippen LogP contribution is 2.19. The summed E-state index contributed by atoms with van der Waals surface area (Å²) >= 11 is 3.50. The molecule has 0 fully saturated rings. The van der Waals surface area contributed by atoms with Gasteiger partial charge in [-0.3, -0.25) is 9.59 Å². The molecule has 1 N–H and O–H groups in total. The van der Waals surface area contributed by atoms with Crippen molar-refractivity contribution < 1.29 is 14.3 Å². The predicted molar refractivity (Wildman–Crippen MR) is 139 cm³/mol. The first-order valence-corrected chi connectivity index (χ1v) is 12.2. The number of carbonyl (C=O) groups excluding carboxylic acids is 2.